The Kier molecular flexibility index (Phi) is 8.68. The molecule has 2 N–H and O–H groups in total. The van der Waals surface area contributed by atoms with Gasteiger partial charge >= 0.3 is 11.9 Å². The van der Waals surface area contributed by atoms with Crippen molar-refractivity contribution in [2.45, 2.75) is 13.3 Å². The number of esters is 2. The summed E-state index contributed by atoms with van der Waals surface area (Å²) in [6.07, 6.45) is 6.41. The van der Waals surface area contributed by atoms with Crippen molar-refractivity contribution >= 4 is 18.0 Å². The van der Waals surface area contributed by atoms with E-state index in [2.05, 4.69) is 11.3 Å². The topological polar surface area (TPSA) is 83.8 Å². The molecule has 0 radical (unpaired) electrons. The standard InChI is InChI=1S/C9H10O3.C8H8.C2H6O2/c1-5-3-2-4-6-7(5)9(11)12-8(6)10;1-2-8-6-4-3-5-7-8;3-1-2-4/h2-3,5-7H,4H2,1H3;2-7H,1H2;3-4H,1-2H2/t5-,6+,7-;;/m1../s1. The maximum atomic E-state index is 11.2. The molecule has 1 fully saturated rings. The minimum absolute atomic E-state index is 0.125. The van der Waals surface area contributed by atoms with Gasteiger partial charge in [-0.25, -0.2) is 0 Å². The van der Waals surface area contributed by atoms with Crippen LogP contribution in [0.1, 0.15) is 18.9 Å². The monoisotopic (exact) mass is 332 g/mol. The summed E-state index contributed by atoms with van der Waals surface area (Å²) in [5.41, 5.74) is 1.17. The van der Waals surface area contributed by atoms with Crippen molar-refractivity contribution in [2.24, 2.45) is 17.8 Å². The molecule has 3 atom stereocenters. The van der Waals surface area contributed by atoms with Crippen LogP contribution in [0.5, 0.6) is 0 Å². The van der Waals surface area contributed by atoms with Gasteiger partial charge < -0.3 is 14.9 Å². The molecular weight excluding hydrogens is 308 g/mol. The molecule has 2 aliphatic rings. The molecule has 1 aliphatic carbocycles. The average molecular weight is 332 g/mol. The lowest BCUT2D eigenvalue weighted by Crippen LogP contribution is -2.25. The first-order valence-corrected chi connectivity index (χ1v) is 7.86. The largest absolute Gasteiger partial charge is 0.394 e. The number of carbonyl (C=O) groups is 2. The maximum Gasteiger partial charge on any atom is 0.318 e. The normalized spacial score (nSPS) is 23.9. The lowest BCUT2D eigenvalue weighted by molar-refractivity contribution is -0.153. The minimum atomic E-state index is -0.346. The van der Waals surface area contributed by atoms with Gasteiger partial charge in [0.05, 0.1) is 25.0 Å². The molecule has 1 aromatic rings. The molecule has 0 bridgehead atoms. The van der Waals surface area contributed by atoms with Gasteiger partial charge in [0.25, 0.3) is 0 Å². The number of fused-ring (bicyclic) bond motifs is 1. The fourth-order valence-electron chi connectivity index (χ4n) is 2.53. The number of benzene rings is 1. The Balaban J connectivity index is 0.000000208. The van der Waals surface area contributed by atoms with Crippen molar-refractivity contribution in [1.29, 1.82) is 0 Å². The van der Waals surface area contributed by atoms with Crippen LogP contribution >= 0.6 is 0 Å². The SMILES string of the molecule is C=Cc1ccccc1.C[C@@H]1C=CC[C@@H]2C(=O)OC(=O)[C@H]12.OCCO. The van der Waals surface area contributed by atoms with Crippen LogP contribution in [0, 0.1) is 17.8 Å². The zero-order chi connectivity index (χ0) is 17.9. The number of hydrogen-bond donors (Lipinski definition) is 2. The highest BCUT2D eigenvalue weighted by Crippen LogP contribution is 2.36. The van der Waals surface area contributed by atoms with Crippen LogP contribution in [-0.2, 0) is 14.3 Å². The van der Waals surface area contributed by atoms with Crippen molar-refractivity contribution in [1.82, 2.24) is 0 Å². The molecule has 0 amide bonds. The molecule has 5 nitrogen and oxygen atoms in total. The summed E-state index contributed by atoms with van der Waals surface area (Å²) >= 11 is 0. The van der Waals surface area contributed by atoms with Gasteiger partial charge in [0, 0.05) is 0 Å². The van der Waals surface area contributed by atoms with Crippen LogP contribution < -0.4 is 0 Å². The Bertz CT molecular complexity index is 562. The molecule has 0 aromatic heterocycles. The van der Waals surface area contributed by atoms with E-state index >= 15 is 0 Å². The maximum absolute atomic E-state index is 11.2. The van der Waals surface area contributed by atoms with Gasteiger partial charge in [0.2, 0.25) is 0 Å². The fraction of sp³-hybridized carbons (Fsp3) is 0.368. The predicted octanol–water partition coefficient (Wildman–Crippen LogP) is 2.20. The second kappa shape index (κ2) is 10.5. The fourth-order valence-corrected chi connectivity index (χ4v) is 2.53. The molecule has 1 heterocycles. The summed E-state index contributed by atoms with van der Waals surface area (Å²) in [6.45, 7) is 5.32. The van der Waals surface area contributed by atoms with Crippen LogP contribution in [-0.4, -0.2) is 35.4 Å². The Morgan fingerprint density at radius 3 is 2.25 bits per heavy atom. The summed E-state index contributed by atoms with van der Waals surface area (Å²) in [5.74, 6) is -0.981. The van der Waals surface area contributed by atoms with E-state index in [0.717, 1.165) is 0 Å². The number of carbonyl (C=O) groups excluding carboxylic acids is 2. The third-order valence-corrected chi connectivity index (χ3v) is 3.74. The Morgan fingerprint density at radius 1 is 1.17 bits per heavy atom. The predicted molar refractivity (Wildman–Crippen MR) is 91.7 cm³/mol. The molecule has 0 saturated carbocycles. The minimum Gasteiger partial charge on any atom is -0.394 e. The van der Waals surface area contributed by atoms with E-state index < -0.39 is 0 Å². The number of aliphatic hydroxyl groups excluding tert-OH is 2. The second-order valence-corrected chi connectivity index (χ2v) is 5.46. The van der Waals surface area contributed by atoms with Gasteiger partial charge in [-0.05, 0) is 17.9 Å². The molecule has 0 spiro atoms. The van der Waals surface area contributed by atoms with E-state index in [9.17, 15) is 9.59 Å². The van der Waals surface area contributed by atoms with E-state index in [1.54, 1.807) is 0 Å². The molecule has 5 heteroatoms. The van der Waals surface area contributed by atoms with E-state index in [4.69, 9.17) is 10.2 Å². The summed E-state index contributed by atoms with van der Waals surface area (Å²) in [4.78, 5) is 22.2. The first-order valence-electron chi connectivity index (χ1n) is 7.86. The van der Waals surface area contributed by atoms with Gasteiger partial charge in [-0.2, -0.15) is 0 Å². The van der Waals surface area contributed by atoms with E-state index in [1.807, 2.05) is 55.5 Å². The van der Waals surface area contributed by atoms with Crippen LogP contribution in [0.25, 0.3) is 6.08 Å². The molecule has 1 aromatic carbocycles. The third-order valence-electron chi connectivity index (χ3n) is 3.74. The zero-order valence-corrected chi connectivity index (χ0v) is 13.8. The van der Waals surface area contributed by atoms with Crippen molar-refractivity contribution in [3.05, 3.63) is 54.6 Å². The number of allylic oxidation sites excluding steroid dienone is 2. The molecule has 1 saturated heterocycles. The van der Waals surface area contributed by atoms with E-state index in [0.29, 0.717) is 6.42 Å². The smallest absolute Gasteiger partial charge is 0.318 e. The van der Waals surface area contributed by atoms with Gasteiger partial charge in [-0.1, -0.05) is 62.1 Å². The highest BCUT2D eigenvalue weighted by atomic mass is 16.6. The van der Waals surface area contributed by atoms with Gasteiger partial charge in [-0.3, -0.25) is 9.59 Å². The molecule has 1 aliphatic heterocycles. The number of rotatable bonds is 2. The molecule has 3 rings (SSSR count). The third kappa shape index (κ3) is 5.76. The summed E-state index contributed by atoms with van der Waals surface area (Å²) in [6, 6.07) is 10.0. The molecule has 130 valence electrons. The van der Waals surface area contributed by atoms with Gasteiger partial charge in [0.1, 0.15) is 0 Å². The lowest BCUT2D eigenvalue weighted by atomic mass is 9.78. The van der Waals surface area contributed by atoms with E-state index in [1.165, 1.54) is 5.56 Å². The number of hydrogen-bond acceptors (Lipinski definition) is 5. The van der Waals surface area contributed by atoms with Crippen molar-refractivity contribution in [3.63, 3.8) is 0 Å². The second-order valence-electron chi connectivity index (χ2n) is 5.46. The van der Waals surface area contributed by atoms with Crippen LogP contribution in [0.4, 0.5) is 0 Å². The van der Waals surface area contributed by atoms with Crippen molar-refractivity contribution < 1.29 is 24.5 Å². The number of ether oxygens (including phenoxy) is 1. The highest BCUT2D eigenvalue weighted by molar-refractivity contribution is 5.97. The van der Waals surface area contributed by atoms with Crippen LogP contribution in [0.2, 0.25) is 0 Å². The number of aliphatic hydroxyl groups is 2. The Morgan fingerprint density at radius 2 is 1.79 bits per heavy atom. The van der Waals surface area contributed by atoms with Crippen LogP contribution in [0.15, 0.2) is 49.1 Å². The molecular formula is C19H24O5. The van der Waals surface area contributed by atoms with Crippen molar-refractivity contribution in [3.8, 4) is 0 Å². The zero-order valence-electron chi connectivity index (χ0n) is 13.8. The average Bonchev–Trinajstić information content (AvgIpc) is 2.92. The van der Waals surface area contributed by atoms with E-state index in [-0.39, 0.29) is 42.9 Å². The number of cyclic esters (lactones) is 2. The van der Waals surface area contributed by atoms with Gasteiger partial charge in [0.15, 0.2) is 0 Å². The molecule has 24 heavy (non-hydrogen) atoms. The summed E-state index contributed by atoms with van der Waals surface area (Å²) in [5, 5.41) is 15.2. The first-order chi connectivity index (χ1) is 11.5. The Hall–Kier alpha value is -2.24. The molecule has 0 unspecified atom stereocenters. The lowest BCUT2D eigenvalue weighted by Gasteiger charge is -2.20. The van der Waals surface area contributed by atoms with Gasteiger partial charge in [-0.15, -0.1) is 0 Å². The van der Waals surface area contributed by atoms with Crippen molar-refractivity contribution in [2.75, 3.05) is 13.2 Å². The first kappa shape index (κ1) is 19.8. The quantitative estimate of drug-likeness (QED) is 0.493. The highest BCUT2D eigenvalue weighted by Gasteiger charge is 2.46. The summed E-state index contributed by atoms with van der Waals surface area (Å²) < 4.78 is 4.56. The Labute approximate surface area is 142 Å². The summed E-state index contributed by atoms with van der Waals surface area (Å²) in [7, 11) is 0. The van der Waals surface area contributed by atoms with Crippen LogP contribution in [0.3, 0.4) is 0 Å².